The molecule has 0 aliphatic carbocycles. The number of carbonyl (C=O) groups excluding carboxylic acids is 1. The zero-order valence-corrected chi connectivity index (χ0v) is 11.2. The zero-order chi connectivity index (χ0) is 15.3. The van der Waals surface area contributed by atoms with Crippen LogP contribution in [0, 0.1) is 5.82 Å². The van der Waals surface area contributed by atoms with Crippen LogP contribution in [0.2, 0.25) is 0 Å². The lowest BCUT2D eigenvalue weighted by molar-refractivity contribution is -0.140. The largest absolute Gasteiger partial charge is 0.419 e. The summed E-state index contributed by atoms with van der Waals surface area (Å²) in [5.41, 5.74) is -1.79. The van der Waals surface area contributed by atoms with E-state index in [0.29, 0.717) is 12.1 Å². The molecule has 3 nitrogen and oxygen atoms in total. The van der Waals surface area contributed by atoms with Gasteiger partial charge in [-0.2, -0.15) is 13.2 Å². The third kappa shape index (κ3) is 4.35. The van der Waals surface area contributed by atoms with E-state index < -0.39 is 29.5 Å². The van der Waals surface area contributed by atoms with Crippen LogP contribution >= 0.6 is 11.6 Å². The molecule has 1 N–H and O–H groups in total. The zero-order valence-electron chi connectivity index (χ0n) is 10.4. The van der Waals surface area contributed by atoms with Crippen molar-refractivity contribution in [3.8, 4) is 0 Å². The van der Waals surface area contributed by atoms with Crippen LogP contribution in [0.5, 0.6) is 0 Å². The molecular weight excluding hydrogens is 302 g/mol. The Balaban J connectivity index is 2.94. The highest BCUT2D eigenvalue weighted by Gasteiger charge is 2.34. The van der Waals surface area contributed by atoms with E-state index in [2.05, 4.69) is 5.32 Å². The van der Waals surface area contributed by atoms with E-state index in [-0.39, 0.29) is 18.1 Å². The lowest BCUT2D eigenvalue weighted by Crippen LogP contribution is -2.39. The van der Waals surface area contributed by atoms with Gasteiger partial charge in [-0.1, -0.05) is 0 Å². The molecule has 0 saturated heterocycles. The SMILES string of the molecule is COCC(CCl)NC(=O)c1ccc(F)c(C(F)(F)F)c1. The van der Waals surface area contributed by atoms with Crippen molar-refractivity contribution in [3.63, 3.8) is 0 Å². The number of hydrogen-bond acceptors (Lipinski definition) is 2. The van der Waals surface area contributed by atoms with Gasteiger partial charge in [0.25, 0.3) is 5.91 Å². The number of nitrogens with one attached hydrogen (secondary N) is 1. The van der Waals surface area contributed by atoms with E-state index >= 15 is 0 Å². The second-order valence-corrected chi connectivity index (χ2v) is 4.28. The summed E-state index contributed by atoms with van der Waals surface area (Å²) in [5.74, 6) is -2.18. The maximum absolute atomic E-state index is 13.1. The number of carbonyl (C=O) groups is 1. The lowest BCUT2D eigenvalue weighted by atomic mass is 10.1. The predicted molar refractivity (Wildman–Crippen MR) is 65.3 cm³/mol. The molecule has 1 rings (SSSR count). The fraction of sp³-hybridized carbons (Fsp3) is 0.417. The topological polar surface area (TPSA) is 38.3 Å². The van der Waals surface area contributed by atoms with E-state index in [9.17, 15) is 22.4 Å². The third-order valence-corrected chi connectivity index (χ3v) is 2.80. The summed E-state index contributed by atoms with van der Waals surface area (Å²) in [6, 6.07) is 1.48. The molecule has 1 unspecified atom stereocenters. The van der Waals surface area contributed by atoms with Gasteiger partial charge in [0.1, 0.15) is 5.82 Å². The van der Waals surface area contributed by atoms with Crippen LogP contribution in [0.3, 0.4) is 0 Å². The first kappa shape index (κ1) is 16.7. The Morgan fingerprint density at radius 1 is 1.45 bits per heavy atom. The summed E-state index contributed by atoms with van der Waals surface area (Å²) in [6.45, 7) is 0.114. The van der Waals surface area contributed by atoms with Crippen molar-refractivity contribution in [1.82, 2.24) is 5.32 Å². The average molecular weight is 314 g/mol. The second kappa shape index (κ2) is 6.90. The molecule has 0 spiro atoms. The number of benzene rings is 1. The number of rotatable bonds is 5. The number of amides is 1. The van der Waals surface area contributed by atoms with Crippen molar-refractivity contribution >= 4 is 17.5 Å². The minimum absolute atomic E-state index is 0.0346. The van der Waals surface area contributed by atoms with Crippen molar-refractivity contribution in [3.05, 3.63) is 35.1 Å². The Morgan fingerprint density at radius 3 is 2.60 bits per heavy atom. The van der Waals surface area contributed by atoms with Crippen molar-refractivity contribution < 1.29 is 27.1 Å². The molecule has 0 aromatic heterocycles. The number of alkyl halides is 4. The highest BCUT2D eigenvalue weighted by Crippen LogP contribution is 2.31. The molecule has 1 atom stereocenters. The maximum Gasteiger partial charge on any atom is 0.419 e. The van der Waals surface area contributed by atoms with Gasteiger partial charge >= 0.3 is 6.18 Å². The van der Waals surface area contributed by atoms with Gasteiger partial charge in [0.15, 0.2) is 0 Å². The van der Waals surface area contributed by atoms with Gasteiger partial charge in [0, 0.05) is 18.6 Å². The van der Waals surface area contributed by atoms with Gasteiger partial charge in [-0.05, 0) is 18.2 Å². The normalized spacial score (nSPS) is 13.1. The number of methoxy groups -OCH3 is 1. The molecule has 1 aromatic rings. The van der Waals surface area contributed by atoms with Crippen molar-refractivity contribution in [2.24, 2.45) is 0 Å². The van der Waals surface area contributed by atoms with Crippen molar-refractivity contribution in [2.75, 3.05) is 19.6 Å². The van der Waals surface area contributed by atoms with E-state index in [1.807, 2.05) is 0 Å². The molecule has 20 heavy (non-hydrogen) atoms. The van der Waals surface area contributed by atoms with Gasteiger partial charge < -0.3 is 10.1 Å². The van der Waals surface area contributed by atoms with Crippen molar-refractivity contribution in [2.45, 2.75) is 12.2 Å². The first-order valence-electron chi connectivity index (χ1n) is 5.52. The molecule has 8 heteroatoms. The maximum atomic E-state index is 13.1. The number of hydrogen-bond donors (Lipinski definition) is 1. The van der Waals surface area contributed by atoms with E-state index in [1.165, 1.54) is 7.11 Å². The fourth-order valence-electron chi connectivity index (χ4n) is 1.48. The molecule has 0 aliphatic rings. The fourth-order valence-corrected chi connectivity index (χ4v) is 1.64. The van der Waals surface area contributed by atoms with Crippen LogP contribution in [-0.2, 0) is 10.9 Å². The molecule has 1 aromatic carbocycles. The van der Waals surface area contributed by atoms with Crippen LogP contribution in [0.1, 0.15) is 15.9 Å². The summed E-state index contributed by atoms with van der Waals surface area (Å²) in [7, 11) is 1.39. The standard InChI is InChI=1S/C12H12ClF4NO2/c1-20-6-8(5-13)18-11(19)7-2-3-10(14)9(4-7)12(15,16)17/h2-4,8H,5-6H2,1H3,(H,18,19). The van der Waals surface area contributed by atoms with Gasteiger partial charge in [-0.15, -0.1) is 11.6 Å². The molecule has 0 bridgehead atoms. The first-order chi connectivity index (χ1) is 9.29. The lowest BCUT2D eigenvalue weighted by Gasteiger charge is -2.16. The second-order valence-electron chi connectivity index (χ2n) is 3.97. The van der Waals surface area contributed by atoms with Crippen LogP contribution in [0.15, 0.2) is 18.2 Å². The molecule has 0 radical (unpaired) electrons. The number of ether oxygens (including phenoxy) is 1. The Bertz CT molecular complexity index is 479. The molecule has 0 heterocycles. The highest BCUT2D eigenvalue weighted by molar-refractivity contribution is 6.18. The average Bonchev–Trinajstić information content (AvgIpc) is 2.37. The Kier molecular flexibility index (Phi) is 5.76. The monoisotopic (exact) mass is 313 g/mol. The van der Waals surface area contributed by atoms with Gasteiger partial charge in [0.2, 0.25) is 0 Å². The molecule has 0 fully saturated rings. The summed E-state index contributed by atoms with van der Waals surface area (Å²) in [6.07, 6.45) is -4.86. The Morgan fingerprint density at radius 2 is 2.10 bits per heavy atom. The smallest absolute Gasteiger partial charge is 0.383 e. The first-order valence-corrected chi connectivity index (χ1v) is 6.05. The summed E-state index contributed by atoms with van der Waals surface area (Å²) < 4.78 is 55.5. The van der Waals surface area contributed by atoms with E-state index in [1.54, 1.807) is 0 Å². The van der Waals surface area contributed by atoms with Crippen LogP contribution in [0.25, 0.3) is 0 Å². The summed E-state index contributed by atoms with van der Waals surface area (Å²) >= 11 is 5.57. The van der Waals surface area contributed by atoms with Crippen molar-refractivity contribution in [1.29, 1.82) is 0 Å². The quantitative estimate of drug-likeness (QED) is 0.670. The van der Waals surface area contributed by atoms with E-state index in [0.717, 1.165) is 6.07 Å². The van der Waals surface area contributed by atoms with Gasteiger partial charge in [-0.3, -0.25) is 4.79 Å². The Labute approximate surface area is 117 Å². The van der Waals surface area contributed by atoms with E-state index in [4.69, 9.17) is 16.3 Å². The van der Waals surface area contributed by atoms with Crippen LogP contribution in [-0.4, -0.2) is 31.5 Å². The molecular formula is C12H12ClF4NO2. The van der Waals surface area contributed by atoms with Crippen LogP contribution in [0.4, 0.5) is 17.6 Å². The highest BCUT2D eigenvalue weighted by atomic mass is 35.5. The minimum Gasteiger partial charge on any atom is -0.383 e. The Hall–Kier alpha value is -1.34. The predicted octanol–water partition coefficient (Wildman–Crippen LogP) is 2.83. The van der Waals surface area contributed by atoms with Crippen LogP contribution < -0.4 is 5.32 Å². The summed E-state index contributed by atoms with van der Waals surface area (Å²) in [5, 5.41) is 2.40. The van der Waals surface area contributed by atoms with Gasteiger partial charge in [0.05, 0.1) is 18.2 Å². The molecule has 0 saturated carbocycles. The molecule has 0 aliphatic heterocycles. The molecule has 1 amide bonds. The third-order valence-electron chi connectivity index (χ3n) is 2.42. The molecule has 112 valence electrons. The minimum atomic E-state index is -4.86. The number of halogens is 5. The van der Waals surface area contributed by atoms with Gasteiger partial charge in [-0.25, -0.2) is 4.39 Å². The summed E-state index contributed by atoms with van der Waals surface area (Å²) in [4.78, 5) is 11.8.